The molecule has 0 spiro atoms. The van der Waals surface area contributed by atoms with Crippen LogP contribution in [0.25, 0.3) is 11.3 Å². The fraction of sp³-hybridized carbons (Fsp3) is 0.0833. The summed E-state index contributed by atoms with van der Waals surface area (Å²) in [6, 6.07) is 1.19. The Bertz CT molecular complexity index is 734. The Morgan fingerprint density at radius 3 is 1.73 bits per heavy atom. The number of nitrogens with zero attached hydrogens (tertiary/aromatic N) is 1. The lowest BCUT2D eigenvalue weighted by molar-refractivity contribution is -0.138. The van der Waals surface area contributed by atoms with E-state index in [1.165, 1.54) is 6.07 Å². The highest BCUT2D eigenvalue weighted by Crippen LogP contribution is 2.48. The van der Waals surface area contributed by atoms with Crippen LogP contribution in [0.3, 0.4) is 0 Å². The minimum absolute atomic E-state index is 0.0378. The summed E-state index contributed by atoms with van der Waals surface area (Å²) in [5.74, 6) is 0. The topological polar surface area (TPSA) is 12.9 Å². The van der Waals surface area contributed by atoms with Crippen LogP contribution in [0, 0.1) is 3.57 Å². The zero-order valence-corrected chi connectivity index (χ0v) is 15.9. The molecule has 0 unspecified atom stereocenters. The molecule has 0 saturated heterocycles. The summed E-state index contributed by atoms with van der Waals surface area (Å²) in [5, 5.41) is -0.217. The van der Waals surface area contributed by atoms with Crippen LogP contribution in [-0.4, -0.2) is 4.98 Å². The first kappa shape index (κ1) is 18.7. The molecule has 10 heteroatoms. The first-order chi connectivity index (χ1) is 10.1. The zero-order valence-electron chi connectivity index (χ0n) is 10.0. The summed E-state index contributed by atoms with van der Waals surface area (Å²) in [6.45, 7) is 0. The predicted molar refractivity (Wildman–Crippen MR) is 92.4 cm³/mol. The molecule has 0 aliphatic heterocycles. The standard InChI is InChI=1S/C12H2Cl5F3IN/c13-7-6(8(14)10(16)11(17)9(7)15)5-1-4(21)3(2-22-5)12(18,19)20/h1-2H. The van der Waals surface area contributed by atoms with Gasteiger partial charge in [0.25, 0.3) is 0 Å². The lowest BCUT2D eigenvalue weighted by atomic mass is 10.1. The van der Waals surface area contributed by atoms with E-state index in [9.17, 15) is 13.2 Å². The summed E-state index contributed by atoms with van der Waals surface area (Å²) < 4.78 is 38.2. The number of alkyl halides is 3. The van der Waals surface area contributed by atoms with Gasteiger partial charge in [-0.2, -0.15) is 13.2 Å². The lowest BCUT2D eigenvalue weighted by Crippen LogP contribution is -2.08. The van der Waals surface area contributed by atoms with Crippen LogP contribution in [0.15, 0.2) is 12.3 Å². The molecule has 0 aliphatic rings. The minimum atomic E-state index is -4.51. The van der Waals surface area contributed by atoms with Crippen LogP contribution in [0.2, 0.25) is 25.1 Å². The van der Waals surface area contributed by atoms with Crippen LogP contribution >= 0.6 is 80.6 Å². The molecule has 0 amide bonds. The molecule has 0 fully saturated rings. The SMILES string of the molecule is FC(F)(F)c1cnc(-c2c(Cl)c(Cl)c(Cl)c(Cl)c2Cl)cc1I. The highest BCUT2D eigenvalue weighted by Gasteiger charge is 2.34. The number of halogens is 9. The third-order valence-corrected chi connectivity index (χ3v) is 5.79. The van der Waals surface area contributed by atoms with E-state index in [1.807, 2.05) is 0 Å². The van der Waals surface area contributed by atoms with E-state index in [-0.39, 0.29) is 39.9 Å². The second-order valence-corrected chi connectivity index (χ2v) is 7.04. The van der Waals surface area contributed by atoms with E-state index in [0.29, 0.717) is 6.20 Å². The van der Waals surface area contributed by atoms with Crippen molar-refractivity contribution < 1.29 is 13.2 Å². The number of pyridine rings is 1. The quantitative estimate of drug-likeness (QED) is 0.214. The van der Waals surface area contributed by atoms with Crippen molar-refractivity contribution >= 4 is 80.6 Å². The monoisotopic (exact) mass is 519 g/mol. The molecule has 0 saturated carbocycles. The van der Waals surface area contributed by atoms with Crippen molar-refractivity contribution in [3.63, 3.8) is 0 Å². The molecule has 1 nitrogen and oxygen atoms in total. The number of hydrogen-bond acceptors (Lipinski definition) is 1. The van der Waals surface area contributed by atoms with Gasteiger partial charge in [-0.05, 0) is 28.7 Å². The van der Waals surface area contributed by atoms with Crippen LogP contribution < -0.4 is 0 Å². The van der Waals surface area contributed by atoms with E-state index in [0.717, 1.165) is 0 Å². The molecule has 1 heterocycles. The van der Waals surface area contributed by atoms with E-state index in [1.54, 1.807) is 22.6 Å². The van der Waals surface area contributed by atoms with Gasteiger partial charge in [0.1, 0.15) is 0 Å². The number of benzene rings is 1. The third kappa shape index (κ3) is 3.39. The van der Waals surface area contributed by atoms with Crippen LogP contribution in [0.4, 0.5) is 13.2 Å². The van der Waals surface area contributed by atoms with Gasteiger partial charge in [0, 0.05) is 15.3 Å². The maximum atomic E-state index is 12.8. The smallest absolute Gasteiger partial charge is 0.255 e. The van der Waals surface area contributed by atoms with Gasteiger partial charge in [0.15, 0.2) is 0 Å². The minimum Gasteiger partial charge on any atom is -0.255 e. The lowest BCUT2D eigenvalue weighted by Gasteiger charge is -2.14. The number of aromatic nitrogens is 1. The molecule has 0 radical (unpaired) electrons. The Labute approximate surface area is 161 Å². The van der Waals surface area contributed by atoms with Crippen molar-refractivity contribution in [1.29, 1.82) is 0 Å². The highest BCUT2D eigenvalue weighted by atomic mass is 127. The normalized spacial score (nSPS) is 11.9. The van der Waals surface area contributed by atoms with Gasteiger partial charge in [-0.15, -0.1) is 0 Å². The number of rotatable bonds is 1. The number of hydrogen-bond donors (Lipinski definition) is 0. The molecule has 0 N–H and O–H groups in total. The van der Waals surface area contributed by atoms with Crippen LogP contribution in [0.5, 0.6) is 0 Å². The maximum absolute atomic E-state index is 12.8. The fourth-order valence-electron chi connectivity index (χ4n) is 1.61. The second kappa shape index (κ2) is 6.69. The van der Waals surface area contributed by atoms with Gasteiger partial charge >= 0.3 is 6.18 Å². The maximum Gasteiger partial charge on any atom is 0.418 e. The summed E-state index contributed by atoms with van der Waals surface area (Å²) in [6.07, 6.45) is -3.81. The van der Waals surface area contributed by atoms with Gasteiger partial charge in [-0.3, -0.25) is 4.98 Å². The van der Waals surface area contributed by atoms with Gasteiger partial charge in [-0.25, -0.2) is 0 Å². The Morgan fingerprint density at radius 1 is 0.864 bits per heavy atom. The molecular weight excluding hydrogens is 519 g/mol. The van der Waals surface area contributed by atoms with Crippen molar-refractivity contribution in [1.82, 2.24) is 4.98 Å². The highest BCUT2D eigenvalue weighted by molar-refractivity contribution is 14.1. The molecule has 2 aromatic rings. The molecule has 118 valence electrons. The first-order valence-electron chi connectivity index (χ1n) is 5.30. The van der Waals surface area contributed by atoms with E-state index < -0.39 is 11.7 Å². The van der Waals surface area contributed by atoms with Crippen LogP contribution in [0.1, 0.15) is 5.56 Å². The van der Waals surface area contributed by atoms with Gasteiger partial charge in [-0.1, -0.05) is 58.0 Å². The largest absolute Gasteiger partial charge is 0.418 e. The van der Waals surface area contributed by atoms with Gasteiger partial charge in [0.05, 0.1) is 36.4 Å². The molecule has 0 atom stereocenters. The van der Waals surface area contributed by atoms with E-state index in [4.69, 9.17) is 58.0 Å². The van der Waals surface area contributed by atoms with Gasteiger partial charge < -0.3 is 0 Å². The summed E-state index contributed by atoms with van der Waals surface area (Å²) in [7, 11) is 0. The molecule has 1 aromatic carbocycles. The Morgan fingerprint density at radius 2 is 1.32 bits per heavy atom. The Balaban J connectivity index is 2.71. The van der Waals surface area contributed by atoms with Crippen molar-refractivity contribution in [3.8, 4) is 11.3 Å². The average Bonchev–Trinajstić information content (AvgIpc) is 2.42. The van der Waals surface area contributed by atoms with Crippen LogP contribution in [-0.2, 0) is 6.18 Å². The molecule has 2 rings (SSSR count). The fourth-order valence-corrected chi connectivity index (χ4v) is 3.68. The average molecular weight is 521 g/mol. The second-order valence-electron chi connectivity index (χ2n) is 3.99. The van der Waals surface area contributed by atoms with E-state index in [2.05, 4.69) is 4.98 Å². The van der Waals surface area contributed by atoms with Crippen molar-refractivity contribution in [3.05, 3.63) is 46.5 Å². The molecule has 0 aliphatic carbocycles. The molecule has 1 aromatic heterocycles. The summed E-state index contributed by atoms with van der Waals surface area (Å²) in [4.78, 5) is 3.76. The van der Waals surface area contributed by atoms with Gasteiger partial charge in [0.2, 0.25) is 0 Å². The Kier molecular flexibility index (Phi) is 5.68. The van der Waals surface area contributed by atoms with E-state index >= 15 is 0 Å². The molecule has 22 heavy (non-hydrogen) atoms. The summed E-state index contributed by atoms with van der Waals surface area (Å²) >= 11 is 31.4. The Hall–Kier alpha value is 0.340. The molecular formula is C12H2Cl5F3IN. The third-order valence-electron chi connectivity index (χ3n) is 2.62. The predicted octanol–water partition coefficient (Wildman–Crippen LogP) is 7.64. The van der Waals surface area contributed by atoms with Crippen molar-refractivity contribution in [2.24, 2.45) is 0 Å². The summed E-state index contributed by atoms with van der Waals surface area (Å²) in [5.41, 5.74) is -0.641. The zero-order chi connectivity index (χ0) is 16.8. The first-order valence-corrected chi connectivity index (χ1v) is 8.27. The molecule has 0 bridgehead atoms. The van der Waals surface area contributed by atoms with Crippen molar-refractivity contribution in [2.45, 2.75) is 6.18 Å². The van der Waals surface area contributed by atoms with Crippen molar-refractivity contribution in [2.75, 3.05) is 0 Å².